The molecule has 0 heteroatoms. The van der Waals surface area contributed by atoms with Gasteiger partial charge in [-0.1, -0.05) is 64.5 Å². The molecule has 0 heterocycles. The van der Waals surface area contributed by atoms with E-state index < -0.39 is 0 Å². The van der Waals surface area contributed by atoms with E-state index in [9.17, 15) is 0 Å². The van der Waals surface area contributed by atoms with Gasteiger partial charge < -0.3 is 0 Å². The summed E-state index contributed by atoms with van der Waals surface area (Å²) >= 11 is 0. The van der Waals surface area contributed by atoms with Crippen LogP contribution in [0.1, 0.15) is 84.5 Å². The summed E-state index contributed by atoms with van der Waals surface area (Å²) in [6, 6.07) is 0. The van der Waals surface area contributed by atoms with Crippen molar-refractivity contribution in [3.8, 4) is 0 Å². The van der Waals surface area contributed by atoms with Crippen molar-refractivity contribution in [3.63, 3.8) is 0 Å². The Labute approximate surface area is 108 Å². The summed E-state index contributed by atoms with van der Waals surface area (Å²) in [7, 11) is 0. The summed E-state index contributed by atoms with van der Waals surface area (Å²) in [5.41, 5.74) is 3.36. The van der Waals surface area contributed by atoms with Crippen LogP contribution in [-0.4, -0.2) is 0 Å². The number of hydrogen-bond acceptors (Lipinski definition) is 0. The van der Waals surface area contributed by atoms with E-state index >= 15 is 0 Å². The van der Waals surface area contributed by atoms with Crippen LogP contribution in [0.4, 0.5) is 0 Å². The Bertz CT molecular complexity index is 219. The Hall–Kier alpha value is -0.520. The Morgan fingerprint density at radius 3 is 1.59 bits per heavy atom. The lowest BCUT2D eigenvalue weighted by Crippen LogP contribution is -1.89. The lowest BCUT2D eigenvalue weighted by Gasteiger charge is -2.08. The summed E-state index contributed by atoms with van der Waals surface area (Å²) in [6.45, 7) is 4.57. The standard InChI is InChI=1S/C17H30/c1-3-5-7-9-12-16-14-11-15-17(16)13-10-8-6-4-2/h14-15H,3-13H2,1-2H3. The monoisotopic (exact) mass is 234 g/mol. The summed E-state index contributed by atoms with van der Waals surface area (Å²) in [5, 5.41) is 0. The summed E-state index contributed by atoms with van der Waals surface area (Å²) < 4.78 is 0. The van der Waals surface area contributed by atoms with E-state index in [1.807, 2.05) is 0 Å². The van der Waals surface area contributed by atoms with E-state index in [4.69, 9.17) is 0 Å². The van der Waals surface area contributed by atoms with Crippen LogP contribution in [0.3, 0.4) is 0 Å². The Morgan fingerprint density at radius 2 is 1.18 bits per heavy atom. The average Bonchev–Trinajstić information content (AvgIpc) is 2.78. The van der Waals surface area contributed by atoms with Crippen molar-refractivity contribution >= 4 is 0 Å². The van der Waals surface area contributed by atoms with E-state index in [2.05, 4.69) is 26.0 Å². The molecule has 1 rings (SSSR count). The maximum Gasteiger partial charge on any atom is -0.0157 e. The van der Waals surface area contributed by atoms with Gasteiger partial charge in [0.25, 0.3) is 0 Å². The van der Waals surface area contributed by atoms with Crippen LogP contribution in [0.5, 0.6) is 0 Å². The number of rotatable bonds is 10. The molecule has 0 spiro atoms. The molecule has 0 N–H and O–H groups in total. The second-order valence-corrected chi connectivity index (χ2v) is 5.32. The molecule has 0 aromatic rings. The van der Waals surface area contributed by atoms with Gasteiger partial charge in [-0.05, 0) is 43.3 Å². The van der Waals surface area contributed by atoms with E-state index in [1.54, 1.807) is 11.1 Å². The minimum Gasteiger partial charge on any atom is -0.0772 e. The van der Waals surface area contributed by atoms with Crippen molar-refractivity contribution in [1.82, 2.24) is 0 Å². The van der Waals surface area contributed by atoms with Gasteiger partial charge >= 0.3 is 0 Å². The molecule has 0 saturated heterocycles. The highest BCUT2D eigenvalue weighted by Crippen LogP contribution is 2.28. The molecule has 0 nitrogen and oxygen atoms in total. The molecule has 0 bridgehead atoms. The van der Waals surface area contributed by atoms with Gasteiger partial charge in [-0.25, -0.2) is 0 Å². The minimum atomic E-state index is 1.20. The van der Waals surface area contributed by atoms with E-state index in [-0.39, 0.29) is 0 Å². The van der Waals surface area contributed by atoms with E-state index in [1.165, 1.54) is 70.6 Å². The predicted octanol–water partition coefficient (Wildman–Crippen LogP) is 6.18. The third-order valence-corrected chi connectivity index (χ3v) is 3.74. The first-order valence-corrected chi connectivity index (χ1v) is 7.77. The van der Waals surface area contributed by atoms with Gasteiger partial charge in [0, 0.05) is 0 Å². The quantitative estimate of drug-likeness (QED) is 0.396. The molecule has 98 valence electrons. The normalized spacial score (nSPS) is 14.9. The zero-order valence-electron chi connectivity index (χ0n) is 11.9. The maximum atomic E-state index is 2.46. The van der Waals surface area contributed by atoms with Crippen LogP contribution in [0.15, 0.2) is 23.3 Å². The highest BCUT2D eigenvalue weighted by Gasteiger charge is 2.09. The van der Waals surface area contributed by atoms with Gasteiger partial charge in [0.15, 0.2) is 0 Å². The fourth-order valence-corrected chi connectivity index (χ4v) is 2.62. The largest absolute Gasteiger partial charge is 0.0772 e. The SMILES string of the molecule is CCCCCCC1=CCC=C1CCCCCC. The number of unbranched alkanes of at least 4 members (excludes halogenated alkanes) is 6. The molecular formula is C17H30. The molecule has 17 heavy (non-hydrogen) atoms. The van der Waals surface area contributed by atoms with Gasteiger partial charge in [0.2, 0.25) is 0 Å². The van der Waals surface area contributed by atoms with Gasteiger partial charge in [0.05, 0.1) is 0 Å². The van der Waals surface area contributed by atoms with Gasteiger partial charge in [-0.2, -0.15) is 0 Å². The number of hydrogen-bond donors (Lipinski definition) is 0. The molecule has 0 aliphatic heterocycles. The Kier molecular flexibility index (Phi) is 8.13. The van der Waals surface area contributed by atoms with Gasteiger partial charge in [0.1, 0.15) is 0 Å². The summed E-state index contributed by atoms with van der Waals surface area (Å²) in [4.78, 5) is 0. The molecule has 0 atom stereocenters. The number of allylic oxidation sites excluding steroid dienone is 4. The van der Waals surface area contributed by atoms with Crippen molar-refractivity contribution < 1.29 is 0 Å². The first-order valence-electron chi connectivity index (χ1n) is 7.77. The third kappa shape index (κ3) is 6.10. The van der Waals surface area contributed by atoms with E-state index in [0.717, 1.165) is 0 Å². The molecule has 0 unspecified atom stereocenters. The molecular weight excluding hydrogens is 204 g/mol. The van der Waals surface area contributed by atoms with Crippen LogP contribution >= 0.6 is 0 Å². The van der Waals surface area contributed by atoms with Gasteiger partial charge in [-0.15, -0.1) is 0 Å². The minimum absolute atomic E-state index is 1.20. The highest BCUT2D eigenvalue weighted by molar-refractivity contribution is 5.36. The Balaban J connectivity index is 2.14. The van der Waals surface area contributed by atoms with Gasteiger partial charge in [-0.3, -0.25) is 0 Å². The van der Waals surface area contributed by atoms with Crippen LogP contribution < -0.4 is 0 Å². The molecule has 0 aromatic carbocycles. The van der Waals surface area contributed by atoms with Crippen LogP contribution in [-0.2, 0) is 0 Å². The Morgan fingerprint density at radius 1 is 0.706 bits per heavy atom. The van der Waals surface area contributed by atoms with E-state index in [0.29, 0.717) is 0 Å². The first kappa shape index (κ1) is 14.5. The third-order valence-electron chi connectivity index (χ3n) is 3.74. The van der Waals surface area contributed by atoms with Crippen LogP contribution in [0.2, 0.25) is 0 Å². The second-order valence-electron chi connectivity index (χ2n) is 5.32. The molecule has 0 radical (unpaired) electrons. The fourth-order valence-electron chi connectivity index (χ4n) is 2.62. The molecule has 0 saturated carbocycles. The maximum absolute atomic E-state index is 2.46. The smallest absolute Gasteiger partial charge is 0.0157 e. The zero-order valence-corrected chi connectivity index (χ0v) is 11.9. The van der Waals surface area contributed by atoms with Crippen molar-refractivity contribution in [2.24, 2.45) is 0 Å². The highest BCUT2D eigenvalue weighted by atomic mass is 14.1. The predicted molar refractivity (Wildman–Crippen MR) is 78.3 cm³/mol. The van der Waals surface area contributed by atoms with Crippen molar-refractivity contribution in [2.45, 2.75) is 84.5 Å². The fraction of sp³-hybridized carbons (Fsp3) is 0.765. The first-order chi connectivity index (χ1) is 8.38. The van der Waals surface area contributed by atoms with Crippen molar-refractivity contribution in [2.75, 3.05) is 0 Å². The molecule has 0 amide bonds. The topological polar surface area (TPSA) is 0 Å². The van der Waals surface area contributed by atoms with Crippen LogP contribution in [0, 0.1) is 0 Å². The van der Waals surface area contributed by atoms with Crippen molar-refractivity contribution in [3.05, 3.63) is 23.3 Å². The zero-order chi connectivity index (χ0) is 12.3. The summed E-state index contributed by atoms with van der Waals surface area (Å²) in [6.07, 6.45) is 19.9. The molecule has 1 aliphatic carbocycles. The molecule has 0 fully saturated rings. The lowest BCUT2D eigenvalue weighted by atomic mass is 9.97. The lowest BCUT2D eigenvalue weighted by molar-refractivity contribution is 0.649. The van der Waals surface area contributed by atoms with Crippen LogP contribution in [0.25, 0.3) is 0 Å². The van der Waals surface area contributed by atoms with Crippen molar-refractivity contribution in [1.29, 1.82) is 0 Å². The molecule has 0 aromatic heterocycles. The molecule has 1 aliphatic rings. The average molecular weight is 234 g/mol. The second kappa shape index (κ2) is 9.50. The summed E-state index contributed by atoms with van der Waals surface area (Å²) in [5.74, 6) is 0.